The van der Waals surface area contributed by atoms with Crippen LogP contribution in [0.3, 0.4) is 0 Å². The average molecular weight is 378 g/mol. The number of nitrogens with zero attached hydrogens (tertiary/aromatic N) is 3. The minimum Gasteiger partial charge on any atom is -0.317 e. The first kappa shape index (κ1) is 18.2. The number of aromatic amines is 1. The molecule has 26 heavy (non-hydrogen) atoms. The first-order valence-electron chi connectivity index (χ1n) is 8.12. The van der Waals surface area contributed by atoms with Gasteiger partial charge in [0, 0.05) is 41.5 Å². The van der Waals surface area contributed by atoms with Crippen LogP contribution in [0.2, 0.25) is 5.02 Å². The lowest BCUT2D eigenvalue weighted by Gasteiger charge is -2.33. The fraction of sp³-hybridized carbons (Fsp3) is 0.353. The number of nitrogens with one attached hydrogen (secondary N) is 2. The third kappa shape index (κ3) is 3.51. The van der Waals surface area contributed by atoms with Gasteiger partial charge in [-0.25, -0.2) is 9.86 Å². The predicted molar refractivity (Wildman–Crippen MR) is 96.9 cm³/mol. The molecule has 0 unspecified atom stereocenters. The van der Waals surface area contributed by atoms with Crippen LogP contribution in [-0.2, 0) is 17.8 Å². The van der Waals surface area contributed by atoms with Gasteiger partial charge in [0.15, 0.2) is 5.69 Å². The van der Waals surface area contributed by atoms with Crippen LogP contribution >= 0.6 is 11.6 Å². The molecule has 0 fully saturated rings. The molecule has 0 aliphatic carbocycles. The molecule has 2 N–H and O–H groups in total. The molecule has 1 aromatic carbocycles. The molecule has 138 valence electrons. The highest BCUT2D eigenvalue weighted by molar-refractivity contribution is 6.30. The summed E-state index contributed by atoms with van der Waals surface area (Å²) in [5.74, 6) is -0.366. The van der Waals surface area contributed by atoms with Crippen LogP contribution in [0.5, 0.6) is 0 Å². The van der Waals surface area contributed by atoms with Gasteiger partial charge in [-0.1, -0.05) is 17.7 Å². The van der Waals surface area contributed by atoms with E-state index in [0.717, 1.165) is 10.8 Å². The van der Waals surface area contributed by atoms with E-state index in [1.54, 1.807) is 29.2 Å². The third-order valence-corrected chi connectivity index (χ3v) is 4.65. The van der Waals surface area contributed by atoms with Gasteiger partial charge in [-0.2, -0.15) is 5.10 Å². The van der Waals surface area contributed by atoms with Gasteiger partial charge in [-0.05, 0) is 25.1 Å². The maximum atomic E-state index is 12.7. The molecule has 0 spiro atoms. The van der Waals surface area contributed by atoms with Gasteiger partial charge in [-0.3, -0.25) is 14.7 Å². The van der Waals surface area contributed by atoms with Crippen LogP contribution < -0.4 is 5.32 Å². The van der Waals surface area contributed by atoms with E-state index >= 15 is 0 Å². The summed E-state index contributed by atoms with van der Waals surface area (Å²) in [6.45, 7) is 2.22. The van der Waals surface area contributed by atoms with E-state index < -0.39 is 0 Å². The SMILES string of the molecule is CON(C)C(=O)c1n[nH]c2c1CN(C(=O)Nc1cccc(Cl)c1)[C@@H](C)C2. The van der Waals surface area contributed by atoms with Gasteiger partial charge in [-0.15, -0.1) is 0 Å². The number of benzene rings is 1. The number of urea groups is 1. The normalized spacial score (nSPS) is 16.2. The molecule has 9 heteroatoms. The molecule has 3 amide bonds. The second-order valence-electron chi connectivity index (χ2n) is 6.14. The average Bonchev–Trinajstić information content (AvgIpc) is 3.02. The molecule has 1 aromatic heterocycles. The number of rotatable bonds is 3. The summed E-state index contributed by atoms with van der Waals surface area (Å²) in [7, 11) is 2.92. The Morgan fingerprint density at radius 3 is 2.92 bits per heavy atom. The standard InChI is InChI=1S/C17H20ClN5O3/c1-10-7-14-13(15(21-20-14)16(24)22(2)26-3)9-23(10)17(25)19-12-6-4-5-11(18)8-12/h4-6,8,10H,7,9H2,1-3H3,(H,19,25)(H,20,21)/t10-/m0/s1. The van der Waals surface area contributed by atoms with Gasteiger partial charge in [0.05, 0.1) is 13.7 Å². The highest BCUT2D eigenvalue weighted by Crippen LogP contribution is 2.26. The van der Waals surface area contributed by atoms with Crippen molar-refractivity contribution >= 4 is 29.2 Å². The zero-order valence-corrected chi connectivity index (χ0v) is 15.5. The van der Waals surface area contributed by atoms with E-state index in [1.807, 2.05) is 6.92 Å². The van der Waals surface area contributed by atoms with Crippen LogP contribution in [0.15, 0.2) is 24.3 Å². The van der Waals surface area contributed by atoms with E-state index in [1.165, 1.54) is 14.2 Å². The van der Waals surface area contributed by atoms with E-state index in [4.69, 9.17) is 16.4 Å². The van der Waals surface area contributed by atoms with Crippen molar-refractivity contribution in [3.63, 3.8) is 0 Å². The maximum absolute atomic E-state index is 12.7. The number of halogens is 1. The number of aromatic nitrogens is 2. The fourth-order valence-electron chi connectivity index (χ4n) is 2.91. The molecule has 1 aliphatic heterocycles. The van der Waals surface area contributed by atoms with Crippen molar-refractivity contribution < 1.29 is 14.4 Å². The molecule has 3 rings (SSSR count). The minimum absolute atomic E-state index is 0.0507. The Hall–Kier alpha value is -2.58. The Morgan fingerprint density at radius 1 is 1.46 bits per heavy atom. The molecule has 0 saturated heterocycles. The van der Waals surface area contributed by atoms with Crippen molar-refractivity contribution in [1.29, 1.82) is 0 Å². The molecule has 2 aromatic rings. The highest BCUT2D eigenvalue weighted by Gasteiger charge is 2.33. The van der Waals surface area contributed by atoms with Crippen molar-refractivity contribution in [2.75, 3.05) is 19.5 Å². The summed E-state index contributed by atoms with van der Waals surface area (Å²) in [5.41, 5.74) is 2.44. The lowest BCUT2D eigenvalue weighted by atomic mass is 9.99. The van der Waals surface area contributed by atoms with Crippen molar-refractivity contribution in [1.82, 2.24) is 20.2 Å². The van der Waals surface area contributed by atoms with E-state index in [-0.39, 0.29) is 30.2 Å². The quantitative estimate of drug-likeness (QED) is 0.804. The van der Waals surface area contributed by atoms with Crippen molar-refractivity contribution in [3.05, 3.63) is 46.2 Å². The van der Waals surface area contributed by atoms with Gasteiger partial charge in [0.2, 0.25) is 0 Å². The number of H-pyrrole nitrogens is 1. The van der Waals surface area contributed by atoms with Gasteiger partial charge < -0.3 is 10.2 Å². The Kier molecular flexibility index (Phi) is 5.15. The Balaban J connectivity index is 1.81. The molecular weight excluding hydrogens is 358 g/mol. The van der Waals surface area contributed by atoms with Gasteiger partial charge in [0.25, 0.3) is 5.91 Å². The minimum atomic E-state index is -0.366. The third-order valence-electron chi connectivity index (χ3n) is 4.41. The van der Waals surface area contributed by atoms with Crippen LogP contribution in [0, 0.1) is 0 Å². The van der Waals surface area contributed by atoms with Crippen LogP contribution in [0.1, 0.15) is 28.7 Å². The number of hydrogen-bond donors (Lipinski definition) is 2. The zero-order chi connectivity index (χ0) is 18.8. The van der Waals surface area contributed by atoms with Crippen molar-refractivity contribution in [2.24, 2.45) is 0 Å². The van der Waals surface area contributed by atoms with Crippen molar-refractivity contribution in [3.8, 4) is 0 Å². The number of amides is 3. The van der Waals surface area contributed by atoms with Crippen molar-refractivity contribution in [2.45, 2.75) is 25.9 Å². The fourth-order valence-corrected chi connectivity index (χ4v) is 3.10. The Bertz CT molecular complexity index is 838. The molecular formula is C17H20ClN5O3. The molecule has 0 bridgehead atoms. The largest absolute Gasteiger partial charge is 0.322 e. The molecule has 0 radical (unpaired) electrons. The number of fused-ring (bicyclic) bond motifs is 1. The summed E-state index contributed by atoms with van der Waals surface area (Å²) in [6, 6.07) is 6.64. The second-order valence-corrected chi connectivity index (χ2v) is 6.57. The van der Waals surface area contributed by atoms with E-state index in [2.05, 4.69) is 15.5 Å². The van der Waals surface area contributed by atoms with E-state index in [0.29, 0.717) is 22.7 Å². The summed E-state index contributed by atoms with van der Waals surface area (Å²) < 4.78 is 0. The highest BCUT2D eigenvalue weighted by atomic mass is 35.5. The molecule has 2 heterocycles. The van der Waals surface area contributed by atoms with Gasteiger partial charge in [0.1, 0.15) is 0 Å². The monoisotopic (exact) mass is 377 g/mol. The summed E-state index contributed by atoms with van der Waals surface area (Å²) in [5, 5.41) is 11.5. The Morgan fingerprint density at radius 2 is 2.23 bits per heavy atom. The number of carbonyl (C=O) groups is 2. The zero-order valence-electron chi connectivity index (χ0n) is 14.7. The van der Waals surface area contributed by atoms with Crippen LogP contribution in [-0.4, -0.2) is 52.3 Å². The molecule has 0 saturated carbocycles. The smallest absolute Gasteiger partial charge is 0.317 e. The maximum Gasteiger partial charge on any atom is 0.322 e. The first-order chi connectivity index (χ1) is 12.4. The predicted octanol–water partition coefficient (Wildman–Crippen LogP) is 2.68. The number of hydrogen-bond acceptors (Lipinski definition) is 4. The molecule has 1 aliphatic rings. The van der Waals surface area contributed by atoms with E-state index in [9.17, 15) is 9.59 Å². The lowest BCUT2D eigenvalue weighted by molar-refractivity contribution is -0.0761. The molecule has 8 nitrogen and oxygen atoms in total. The van der Waals surface area contributed by atoms with Crippen LogP contribution in [0.4, 0.5) is 10.5 Å². The Labute approximate surface area is 156 Å². The summed E-state index contributed by atoms with van der Waals surface area (Å²) in [6.07, 6.45) is 0.579. The number of carbonyl (C=O) groups excluding carboxylic acids is 2. The summed E-state index contributed by atoms with van der Waals surface area (Å²) >= 11 is 5.96. The first-order valence-corrected chi connectivity index (χ1v) is 8.50. The number of anilines is 1. The number of hydroxylamine groups is 2. The van der Waals surface area contributed by atoms with Gasteiger partial charge >= 0.3 is 6.03 Å². The summed E-state index contributed by atoms with van der Waals surface area (Å²) in [4.78, 5) is 31.7. The van der Waals surface area contributed by atoms with Crippen LogP contribution in [0.25, 0.3) is 0 Å². The molecule has 1 atom stereocenters. The second kappa shape index (κ2) is 7.35. The topological polar surface area (TPSA) is 90.6 Å². The lowest BCUT2D eigenvalue weighted by Crippen LogP contribution is -2.45.